The summed E-state index contributed by atoms with van der Waals surface area (Å²) < 4.78 is 5.65. The van der Waals surface area contributed by atoms with E-state index in [4.69, 9.17) is 4.74 Å². The van der Waals surface area contributed by atoms with Crippen LogP contribution in [0.4, 0.5) is 5.69 Å². The number of amides is 2. The average Bonchev–Trinajstić information content (AvgIpc) is 3.02. The highest BCUT2D eigenvalue weighted by molar-refractivity contribution is 5.88. The Balaban J connectivity index is 1.38. The Morgan fingerprint density at radius 1 is 1.28 bits per heavy atom. The van der Waals surface area contributed by atoms with Crippen molar-refractivity contribution in [1.29, 1.82) is 0 Å². The van der Waals surface area contributed by atoms with Crippen LogP contribution < -0.4 is 20.7 Å². The first-order chi connectivity index (χ1) is 12.1. The van der Waals surface area contributed by atoms with Crippen LogP contribution >= 0.6 is 0 Å². The average molecular weight is 345 g/mol. The fourth-order valence-corrected chi connectivity index (χ4v) is 3.85. The smallest absolute Gasteiger partial charge is 0.237 e. The van der Waals surface area contributed by atoms with Crippen LogP contribution in [0.3, 0.4) is 0 Å². The van der Waals surface area contributed by atoms with E-state index in [9.17, 15) is 9.59 Å². The Labute approximate surface area is 148 Å². The van der Waals surface area contributed by atoms with Crippen LogP contribution in [-0.4, -0.2) is 37.0 Å². The van der Waals surface area contributed by atoms with Gasteiger partial charge in [0.15, 0.2) is 0 Å². The highest BCUT2D eigenvalue weighted by Crippen LogP contribution is 2.33. The van der Waals surface area contributed by atoms with Gasteiger partial charge in [-0.15, -0.1) is 0 Å². The molecule has 136 valence electrons. The van der Waals surface area contributed by atoms with Crippen molar-refractivity contribution in [1.82, 2.24) is 10.6 Å². The first kappa shape index (κ1) is 17.7. The van der Waals surface area contributed by atoms with E-state index in [0.29, 0.717) is 36.5 Å². The SMILES string of the molecule is CC(=O)Nc1cccc(OCCNC(=O)C2CC3CCCCC3N2)c1. The quantitative estimate of drug-likeness (QED) is 0.690. The molecule has 1 heterocycles. The van der Waals surface area contributed by atoms with Gasteiger partial charge in [-0.25, -0.2) is 0 Å². The zero-order valence-corrected chi connectivity index (χ0v) is 14.7. The fourth-order valence-electron chi connectivity index (χ4n) is 3.85. The van der Waals surface area contributed by atoms with Crippen LogP contribution in [-0.2, 0) is 9.59 Å². The molecule has 2 amide bonds. The van der Waals surface area contributed by atoms with Gasteiger partial charge in [0, 0.05) is 24.7 Å². The van der Waals surface area contributed by atoms with Crippen molar-refractivity contribution in [2.75, 3.05) is 18.5 Å². The lowest BCUT2D eigenvalue weighted by molar-refractivity contribution is -0.123. The summed E-state index contributed by atoms with van der Waals surface area (Å²) in [5.41, 5.74) is 0.701. The molecule has 3 N–H and O–H groups in total. The molecule has 25 heavy (non-hydrogen) atoms. The molecule has 1 aliphatic carbocycles. The molecule has 3 unspecified atom stereocenters. The Bertz CT molecular complexity index is 606. The van der Waals surface area contributed by atoms with Crippen LogP contribution in [0.5, 0.6) is 5.75 Å². The summed E-state index contributed by atoms with van der Waals surface area (Å²) in [4.78, 5) is 23.4. The Hall–Kier alpha value is -2.08. The lowest BCUT2D eigenvalue weighted by Gasteiger charge is -2.24. The predicted octanol–water partition coefficient (Wildman–Crippen LogP) is 2.06. The van der Waals surface area contributed by atoms with E-state index in [2.05, 4.69) is 16.0 Å². The highest BCUT2D eigenvalue weighted by Gasteiger charge is 2.37. The third-order valence-electron chi connectivity index (χ3n) is 5.00. The number of benzene rings is 1. The second-order valence-corrected chi connectivity index (χ2v) is 6.95. The van der Waals surface area contributed by atoms with Gasteiger partial charge in [-0.2, -0.15) is 0 Å². The summed E-state index contributed by atoms with van der Waals surface area (Å²) in [6, 6.07) is 7.70. The van der Waals surface area contributed by atoms with Crippen LogP contribution in [0.15, 0.2) is 24.3 Å². The molecule has 6 heteroatoms. The van der Waals surface area contributed by atoms with Gasteiger partial charge in [-0.1, -0.05) is 18.9 Å². The third-order valence-corrected chi connectivity index (χ3v) is 5.00. The predicted molar refractivity (Wildman–Crippen MR) is 96.5 cm³/mol. The number of anilines is 1. The van der Waals surface area contributed by atoms with Gasteiger partial charge in [0.25, 0.3) is 0 Å². The lowest BCUT2D eigenvalue weighted by Crippen LogP contribution is -2.44. The molecule has 0 aromatic heterocycles. The summed E-state index contributed by atoms with van der Waals surface area (Å²) in [5, 5.41) is 9.16. The molecule has 1 aliphatic heterocycles. The van der Waals surface area contributed by atoms with Gasteiger partial charge >= 0.3 is 0 Å². The van der Waals surface area contributed by atoms with Crippen LogP contribution in [0.2, 0.25) is 0 Å². The van der Waals surface area contributed by atoms with Gasteiger partial charge in [0.2, 0.25) is 11.8 Å². The molecule has 3 atom stereocenters. The van der Waals surface area contributed by atoms with Crippen molar-refractivity contribution < 1.29 is 14.3 Å². The Morgan fingerprint density at radius 2 is 2.12 bits per heavy atom. The number of hydrogen-bond donors (Lipinski definition) is 3. The van der Waals surface area contributed by atoms with Gasteiger partial charge in [-0.05, 0) is 37.3 Å². The number of carbonyl (C=O) groups excluding carboxylic acids is 2. The van der Waals surface area contributed by atoms with E-state index >= 15 is 0 Å². The summed E-state index contributed by atoms with van der Waals surface area (Å²) in [6.07, 6.45) is 5.96. The molecule has 3 rings (SSSR count). The van der Waals surface area contributed by atoms with E-state index in [1.807, 2.05) is 12.1 Å². The maximum absolute atomic E-state index is 12.3. The first-order valence-electron chi connectivity index (χ1n) is 9.16. The molecule has 2 aliphatic rings. The zero-order chi connectivity index (χ0) is 17.6. The minimum Gasteiger partial charge on any atom is -0.492 e. The molecule has 6 nitrogen and oxygen atoms in total. The van der Waals surface area contributed by atoms with Crippen molar-refractivity contribution in [3.63, 3.8) is 0 Å². The Morgan fingerprint density at radius 3 is 2.92 bits per heavy atom. The molecule has 1 saturated carbocycles. The second kappa shape index (κ2) is 8.34. The number of rotatable bonds is 6. The van der Waals surface area contributed by atoms with Crippen molar-refractivity contribution in [3.8, 4) is 5.75 Å². The molecule has 1 saturated heterocycles. The zero-order valence-electron chi connectivity index (χ0n) is 14.7. The summed E-state index contributed by atoms with van der Waals surface area (Å²) >= 11 is 0. The molecular formula is C19H27N3O3. The maximum Gasteiger partial charge on any atom is 0.237 e. The fraction of sp³-hybridized carbons (Fsp3) is 0.579. The van der Waals surface area contributed by atoms with Crippen LogP contribution in [0.1, 0.15) is 39.0 Å². The number of carbonyl (C=O) groups is 2. The van der Waals surface area contributed by atoms with Crippen molar-refractivity contribution in [2.24, 2.45) is 5.92 Å². The number of fused-ring (bicyclic) bond motifs is 1. The van der Waals surface area contributed by atoms with Crippen LogP contribution in [0, 0.1) is 5.92 Å². The van der Waals surface area contributed by atoms with Crippen molar-refractivity contribution in [2.45, 2.75) is 51.1 Å². The highest BCUT2D eigenvalue weighted by atomic mass is 16.5. The largest absolute Gasteiger partial charge is 0.492 e. The van der Waals surface area contributed by atoms with E-state index in [0.717, 1.165) is 6.42 Å². The number of nitrogens with one attached hydrogen (secondary N) is 3. The van der Waals surface area contributed by atoms with E-state index < -0.39 is 0 Å². The molecule has 0 radical (unpaired) electrons. The van der Waals surface area contributed by atoms with E-state index in [1.54, 1.807) is 12.1 Å². The number of ether oxygens (including phenoxy) is 1. The van der Waals surface area contributed by atoms with Gasteiger partial charge in [-0.3, -0.25) is 9.59 Å². The maximum atomic E-state index is 12.3. The molecule has 1 aromatic rings. The van der Waals surface area contributed by atoms with Crippen molar-refractivity contribution >= 4 is 17.5 Å². The monoisotopic (exact) mass is 345 g/mol. The third kappa shape index (κ3) is 4.95. The molecule has 0 bridgehead atoms. The van der Waals surface area contributed by atoms with Gasteiger partial charge < -0.3 is 20.7 Å². The lowest BCUT2D eigenvalue weighted by atomic mass is 9.85. The second-order valence-electron chi connectivity index (χ2n) is 6.95. The minimum atomic E-state index is -0.117. The molecule has 2 fully saturated rings. The minimum absolute atomic E-state index is 0.0591. The molecule has 1 aromatic carbocycles. The van der Waals surface area contributed by atoms with Crippen molar-refractivity contribution in [3.05, 3.63) is 24.3 Å². The molecule has 0 spiro atoms. The van der Waals surface area contributed by atoms with E-state index in [-0.39, 0.29) is 17.9 Å². The summed E-state index contributed by atoms with van der Waals surface area (Å²) in [5.74, 6) is 1.29. The summed E-state index contributed by atoms with van der Waals surface area (Å²) in [7, 11) is 0. The molecular weight excluding hydrogens is 318 g/mol. The number of hydrogen-bond acceptors (Lipinski definition) is 4. The van der Waals surface area contributed by atoms with Crippen LogP contribution in [0.25, 0.3) is 0 Å². The topological polar surface area (TPSA) is 79.5 Å². The van der Waals surface area contributed by atoms with Gasteiger partial charge in [0.05, 0.1) is 12.6 Å². The normalized spacial score (nSPS) is 25.1. The summed E-state index contributed by atoms with van der Waals surface area (Å²) in [6.45, 7) is 2.34. The first-order valence-corrected chi connectivity index (χ1v) is 9.16. The standard InChI is InChI=1S/C19H27N3O3/c1-13(23)21-15-6-4-7-16(12-15)25-10-9-20-19(24)18-11-14-5-2-3-8-17(14)22-18/h4,6-7,12,14,17-18,22H,2-3,5,8-11H2,1H3,(H,20,24)(H,21,23). The van der Waals surface area contributed by atoms with Gasteiger partial charge in [0.1, 0.15) is 12.4 Å². The Kier molecular flexibility index (Phi) is 5.91. The van der Waals surface area contributed by atoms with E-state index in [1.165, 1.54) is 32.6 Å².